The molecule has 0 unspecified atom stereocenters. The van der Waals surface area contributed by atoms with E-state index in [1.54, 1.807) is 30.3 Å². The van der Waals surface area contributed by atoms with Crippen molar-refractivity contribution in [2.45, 2.75) is 33.5 Å². The fourth-order valence-corrected chi connectivity index (χ4v) is 2.69. The maximum Gasteiger partial charge on any atom is 0.356 e. The molecule has 0 spiro atoms. The molecule has 0 aliphatic rings. The van der Waals surface area contributed by atoms with Gasteiger partial charge < -0.3 is 19.3 Å². The molecule has 2 N–H and O–H groups in total. The van der Waals surface area contributed by atoms with Crippen LogP contribution in [0.5, 0.6) is 11.5 Å². The molecule has 0 saturated heterocycles. The first kappa shape index (κ1) is 19.2. The molecule has 0 bridgehead atoms. The maximum absolute atomic E-state index is 11.7. The van der Waals surface area contributed by atoms with Crippen molar-refractivity contribution in [2.75, 3.05) is 0 Å². The first-order valence-corrected chi connectivity index (χ1v) is 9.37. The lowest BCUT2D eigenvalue weighted by molar-refractivity contribution is 0.101. The molecular weight excluding hydrogens is 343 g/mol. The third kappa shape index (κ3) is 5.71. The van der Waals surface area contributed by atoms with Crippen LogP contribution in [0.25, 0.3) is 0 Å². The SMILES string of the molecule is CC(=O)c1cc(OCc2ccc(P(=O)(O)O)cc2)cc(OC(C)C)c1. The Bertz CT molecular complexity index is 792. The number of benzene rings is 2. The Balaban J connectivity index is 2.15. The zero-order chi connectivity index (χ0) is 18.6. The van der Waals surface area contributed by atoms with Crippen molar-refractivity contribution in [3.8, 4) is 11.5 Å². The molecule has 7 heteroatoms. The van der Waals surface area contributed by atoms with Crippen molar-refractivity contribution < 1.29 is 28.6 Å². The highest BCUT2D eigenvalue weighted by Crippen LogP contribution is 2.33. The van der Waals surface area contributed by atoms with E-state index in [9.17, 15) is 9.36 Å². The zero-order valence-electron chi connectivity index (χ0n) is 14.3. The van der Waals surface area contributed by atoms with Crippen LogP contribution in [-0.4, -0.2) is 21.7 Å². The zero-order valence-corrected chi connectivity index (χ0v) is 15.2. The highest BCUT2D eigenvalue weighted by Gasteiger charge is 2.16. The van der Waals surface area contributed by atoms with Crippen LogP contribution >= 0.6 is 7.60 Å². The minimum absolute atomic E-state index is 0.0322. The van der Waals surface area contributed by atoms with Gasteiger partial charge in [0.05, 0.1) is 11.4 Å². The van der Waals surface area contributed by atoms with Gasteiger partial charge in [0.15, 0.2) is 5.78 Å². The van der Waals surface area contributed by atoms with Crippen molar-refractivity contribution in [1.29, 1.82) is 0 Å². The van der Waals surface area contributed by atoms with Crippen molar-refractivity contribution in [2.24, 2.45) is 0 Å². The second kappa shape index (κ2) is 7.83. The summed E-state index contributed by atoms with van der Waals surface area (Å²) in [5.74, 6) is 0.946. The topological polar surface area (TPSA) is 93.1 Å². The van der Waals surface area contributed by atoms with Crippen LogP contribution in [0.2, 0.25) is 0 Å². The summed E-state index contributed by atoms with van der Waals surface area (Å²) in [7, 11) is -4.25. The average Bonchev–Trinajstić information content (AvgIpc) is 2.51. The maximum atomic E-state index is 11.7. The van der Waals surface area contributed by atoms with Crippen molar-refractivity contribution in [3.63, 3.8) is 0 Å². The van der Waals surface area contributed by atoms with Crippen LogP contribution in [0.3, 0.4) is 0 Å². The summed E-state index contributed by atoms with van der Waals surface area (Å²) < 4.78 is 22.5. The van der Waals surface area contributed by atoms with Gasteiger partial charge in [-0.05, 0) is 50.6 Å². The lowest BCUT2D eigenvalue weighted by Gasteiger charge is -2.14. The molecule has 25 heavy (non-hydrogen) atoms. The van der Waals surface area contributed by atoms with Crippen LogP contribution in [0.1, 0.15) is 36.7 Å². The predicted molar refractivity (Wildman–Crippen MR) is 94.7 cm³/mol. The molecule has 0 amide bonds. The Kier molecular flexibility index (Phi) is 6.01. The third-order valence-electron chi connectivity index (χ3n) is 3.34. The molecule has 0 atom stereocenters. The van der Waals surface area contributed by atoms with E-state index in [0.29, 0.717) is 17.1 Å². The minimum atomic E-state index is -4.25. The summed E-state index contributed by atoms with van der Waals surface area (Å²) in [6, 6.07) is 10.9. The van der Waals surface area contributed by atoms with Gasteiger partial charge in [-0.3, -0.25) is 9.36 Å². The molecule has 0 radical (unpaired) electrons. The quantitative estimate of drug-likeness (QED) is 0.579. The Morgan fingerprint density at radius 2 is 1.68 bits per heavy atom. The third-order valence-corrected chi connectivity index (χ3v) is 4.31. The minimum Gasteiger partial charge on any atom is -0.491 e. The summed E-state index contributed by atoms with van der Waals surface area (Å²) in [6.07, 6.45) is -0.0322. The lowest BCUT2D eigenvalue weighted by atomic mass is 10.1. The smallest absolute Gasteiger partial charge is 0.356 e. The Morgan fingerprint density at radius 1 is 1.08 bits per heavy atom. The van der Waals surface area contributed by atoms with Crippen LogP contribution in [0.15, 0.2) is 42.5 Å². The summed E-state index contributed by atoms with van der Waals surface area (Å²) in [6.45, 7) is 5.45. The van der Waals surface area contributed by atoms with Gasteiger partial charge in [0.2, 0.25) is 0 Å². The monoisotopic (exact) mass is 364 g/mol. The normalized spacial score (nSPS) is 11.4. The van der Waals surface area contributed by atoms with E-state index in [0.717, 1.165) is 5.56 Å². The van der Waals surface area contributed by atoms with Gasteiger partial charge in [-0.1, -0.05) is 12.1 Å². The van der Waals surface area contributed by atoms with E-state index in [1.807, 2.05) is 13.8 Å². The summed E-state index contributed by atoms with van der Waals surface area (Å²) in [4.78, 5) is 29.9. The number of hydrogen-bond donors (Lipinski definition) is 2. The van der Waals surface area contributed by atoms with Gasteiger partial charge in [-0.2, -0.15) is 0 Å². The van der Waals surface area contributed by atoms with Gasteiger partial charge in [-0.15, -0.1) is 0 Å². The molecule has 2 rings (SSSR count). The molecule has 6 nitrogen and oxygen atoms in total. The Morgan fingerprint density at radius 3 is 2.20 bits per heavy atom. The van der Waals surface area contributed by atoms with Gasteiger partial charge in [0.1, 0.15) is 18.1 Å². The molecule has 0 fully saturated rings. The van der Waals surface area contributed by atoms with E-state index in [-0.39, 0.29) is 23.8 Å². The van der Waals surface area contributed by atoms with Crippen molar-refractivity contribution in [3.05, 3.63) is 53.6 Å². The first-order chi connectivity index (χ1) is 11.6. The van der Waals surface area contributed by atoms with Crippen LogP contribution in [-0.2, 0) is 11.2 Å². The number of Topliss-reactive ketones (excluding diaryl/α,β-unsaturated/α-hetero) is 1. The standard InChI is InChI=1S/C18H21O6P/c1-12(2)24-17-9-15(13(3)19)8-16(10-17)23-11-14-4-6-18(7-5-14)25(20,21)22/h4-10,12H,11H2,1-3H3,(H2,20,21,22). The Hall–Kier alpha value is -2.14. The molecule has 0 aliphatic carbocycles. The van der Waals surface area contributed by atoms with Gasteiger partial charge in [-0.25, -0.2) is 0 Å². The van der Waals surface area contributed by atoms with Crippen LogP contribution in [0, 0.1) is 0 Å². The molecule has 2 aromatic carbocycles. The summed E-state index contributed by atoms with van der Waals surface area (Å²) in [5, 5.41) is -0.0394. The van der Waals surface area contributed by atoms with Crippen LogP contribution in [0.4, 0.5) is 0 Å². The van der Waals surface area contributed by atoms with Crippen molar-refractivity contribution in [1.82, 2.24) is 0 Å². The molecular formula is C18H21O6P. The first-order valence-electron chi connectivity index (χ1n) is 7.75. The summed E-state index contributed by atoms with van der Waals surface area (Å²) >= 11 is 0. The van der Waals surface area contributed by atoms with Gasteiger partial charge in [0.25, 0.3) is 0 Å². The molecule has 134 valence electrons. The highest BCUT2D eigenvalue weighted by atomic mass is 31.2. The number of carbonyl (C=O) groups excluding carboxylic acids is 1. The van der Waals surface area contributed by atoms with E-state index in [1.165, 1.54) is 19.1 Å². The van der Waals surface area contributed by atoms with Gasteiger partial charge >= 0.3 is 7.60 Å². The summed E-state index contributed by atoms with van der Waals surface area (Å²) in [5.41, 5.74) is 1.24. The van der Waals surface area contributed by atoms with E-state index >= 15 is 0 Å². The molecule has 0 saturated carbocycles. The number of ketones is 1. The molecule has 0 aromatic heterocycles. The second-order valence-corrected chi connectivity index (χ2v) is 7.52. The largest absolute Gasteiger partial charge is 0.491 e. The number of ether oxygens (including phenoxy) is 2. The molecule has 0 aliphatic heterocycles. The van der Waals surface area contributed by atoms with Crippen molar-refractivity contribution >= 4 is 18.7 Å². The molecule has 2 aromatic rings. The number of hydrogen-bond acceptors (Lipinski definition) is 4. The van der Waals surface area contributed by atoms with Crippen LogP contribution < -0.4 is 14.8 Å². The second-order valence-electron chi connectivity index (χ2n) is 5.92. The Labute approximate surface area is 146 Å². The predicted octanol–water partition coefficient (Wildman–Crippen LogP) is 3.06. The number of rotatable bonds is 7. The highest BCUT2D eigenvalue weighted by molar-refractivity contribution is 7.60. The van der Waals surface area contributed by atoms with Gasteiger partial charge in [0, 0.05) is 11.6 Å². The lowest BCUT2D eigenvalue weighted by Crippen LogP contribution is -2.07. The van der Waals surface area contributed by atoms with E-state index in [2.05, 4.69) is 0 Å². The average molecular weight is 364 g/mol. The van der Waals surface area contributed by atoms with E-state index < -0.39 is 7.60 Å². The fourth-order valence-electron chi connectivity index (χ4n) is 2.15. The molecule has 0 heterocycles. The van der Waals surface area contributed by atoms with E-state index in [4.69, 9.17) is 19.3 Å². The number of carbonyl (C=O) groups is 1. The fraction of sp³-hybridized carbons (Fsp3) is 0.278.